The van der Waals surface area contributed by atoms with Gasteiger partial charge in [0.25, 0.3) is 0 Å². The van der Waals surface area contributed by atoms with Crippen molar-refractivity contribution in [1.29, 1.82) is 0 Å². The van der Waals surface area contributed by atoms with Crippen molar-refractivity contribution in [3.63, 3.8) is 0 Å². The topological polar surface area (TPSA) is 88.3 Å². The third kappa shape index (κ3) is 2.99. The van der Waals surface area contributed by atoms with Crippen molar-refractivity contribution in [3.05, 3.63) is 43.0 Å². The zero-order valence-corrected chi connectivity index (χ0v) is 16.6. The van der Waals surface area contributed by atoms with Crippen molar-refractivity contribution >= 4 is 5.82 Å². The summed E-state index contributed by atoms with van der Waals surface area (Å²) in [4.78, 5) is 6.43. The quantitative estimate of drug-likeness (QED) is 0.693. The Bertz CT molecular complexity index is 1060. The van der Waals surface area contributed by atoms with Crippen LogP contribution in [0.2, 0.25) is 0 Å². The second-order valence-corrected chi connectivity index (χ2v) is 8.39. The molecule has 0 aliphatic carbocycles. The first kappa shape index (κ1) is 17.7. The Kier molecular flexibility index (Phi) is 4.12. The average molecular weight is 404 g/mol. The molecule has 2 N–H and O–H groups in total. The van der Waals surface area contributed by atoms with Crippen LogP contribution in [0.5, 0.6) is 11.5 Å². The van der Waals surface area contributed by atoms with Crippen molar-refractivity contribution in [2.45, 2.75) is 43.8 Å². The van der Waals surface area contributed by atoms with E-state index in [1.165, 1.54) is 12.8 Å². The molecule has 30 heavy (non-hydrogen) atoms. The number of aromatic hydroxyl groups is 1. The number of hydrogen-bond acceptors (Lipinski definition) is 7. The first-order valence-electron chi connectivity index (χ1n) is 10.6. The third-order valence-corrected chi connectivity index (χ3v) is 6.55. The number of phenols is 1. The highest BCUT2D eigenvalue weighted by atomic mass is 16.5. The van der Waals surface area contributed by atoms with Crippen LogP contribution in [0.25, 0.3) is 16.9 Å². The monoisotopic (exact) mass is 404 g/mol. The summed E-state index contributed by atoms with van der Waals surface area (Å²) in [6.45, 7) is 1.49. The molecule has 8 nitrogen and oxygen atoms in total. The number of nitrogens with zero attached hydrogens (tertiary/aromatic N) is 5. The van der Waals surface area contributed by atoms with Crippen molar-refractivity contribution in [3.8, 4) is 28.4 Å². The van der Waals surface area contributed by atoms with Crippen LogP contribution in [0.15, 0.2) is 43.0 Å². The van der Waals surface area contributed by atoms with Gasteiger partial charge in [-0.1, -0.05) is 0 Å². The molecule has 3 aliphatic heterocycles. The van der Waals surface area contributed by atoms with E-state index in [1.807, 2.05) is 29.0 Å². The molecule has 2 unspecified atom stereocenters. The van der Waals surface area contributed by atoms with E-state index in [9.17, 15) is 5.11 Å². The summed E-state index contributed by atoms with van der Waals surface area (Å²) in [6, 6.07) is 9.11. The maximum absolute atomic E-state index is 10.6. The van der Waals surface area contributed by atoms with Gasteiger partial charge in [0, 0.05) is 48.2 Å². The van der Waals surface area contributed by atoms with Gasteiger partial charge in [0.05, 0.1) is 18.6 Å². The van der Waals surface area contributed by atoms with E-state index in [4.69, 9.17) is 4.74 Å². The van der Waals surface area contributed by atoms with E-state index in [2.05, 4.69) is 25.4 Å². The molecule has 2 fully saturated rings. The summed E-state index contributed by atoms with van der Waals surface area (Å²) < 4.78 is 7.79. The standard InChI is InChI=1S/C22H24N6O2/c29-20-11-16(27-6-5-23-13-27)3-4-18(20)19-12-21-22(26-25-19)28(7-8-30-21)17-9-14-1-2-15(10-17)24-14/h3-6,11-15,17,24,29H,1-2,7-10H2. The fourth-order valence-corrected chi connectivity index (χ4v) is 5.11. The van der Waals surface area contributed by atoms with Gasteiger partial charge >= 0.3 is 0 Å². The number of phenolic OH excluding ortho intramolecular Hbond substituents is 1. The number of ether oxygens (including phenoxy) is 1. The molecule has 1 aromatic carbocycles. The molecule has 2 saturated heterocycles. The predicted octanol–water partition coefficient (Wildman–Crippen LogP) is 2.52. The lowest BCUT2D eigenvalue weighted by Gasteiger charge is -2.40. The van der Waals surface area contributed by atoms with Crippen LogP contribution in [0.3, 0.4) is 0 Å². The smallest absolute Gasteiger partial charge is 0.194 e. The van der Waals surface area contributed by atoms with E-state index >= 15 is 0 Å². The number of piperidine rings is 1. The first-order chi connectivity index (χ1) is 14.7. The molecule has 5 heterocycles. The third-order valence-electron chi connectivity index (χ3n) is 6.55. The van der Waals surface area contributed by atoms with Gasteiger partial charge in [-0.2, -0.15) is 0 Å². The number of aromatic nitrogens is 4. The molecule has 2 atom stereocenters. The van der Waals surface area contributed by atoms with E-state index in [1.54, 1.807) is 18.6 Å². The van der Waals surface area contributed by atoms with Crippen LogP contribution in [-0.2, 0) is 0 Å². The second kappa shape index (κ2) is 6.98. The highest BCUT2D eigenvalue weighted by molar-refractivity contribution is 5.71. The zero-order chi connectivity index (χ0) is 20.1. The van der Waals surface area contributed by atoms with Crippen molar-refractivity contribution in [2.75, 3.05) is 18.1 Å². The molecule has 0 spiro atoms. The minimum atomic E-state index is 0.151. The number of imidazole rings is 1. The lowest BCUT2D eigenvalue weighted by Crippen LogP contribution is -2.50. The Morgan fingerprint density at radius 2 is 1.97 bits per heavy atom. The number of hydrogen-bond donors (Lipinski definition) is 2. The van der Waals surface area contributed by atoms with Gasteiger partial charge < -0.3 is 24.6 Å². The van der Waals surface area contributed by atoms with Gasteiger partial charge in [-0.05, 0) is 37.8 Å². The Morgan fingerprint density at radius 1 is 1.10 bits per heavy atom. The first-order valence-corrected chi connectivity index (χ1v) is 10.6. The maximum atomic E-state index is 10.6. The lowest BCUT2D eigenvalue weighted by atomic mass is 9.97. The maximum Gasteiger partial charge on any atom is 0.194 e. The van der Waals surface area contributed by atoms with Gasteiger partial charge in [-0.25, -0.2) is 4.98 Å². The van der Waals surface area contributed by atoms with Crippen LogP contribution in [-0.4, -0.2) is 56.1 Å². The number of benzene rings is 1. The fraction of sp³-hybridized carbons (Fsp3) is 0.409. The summed E-state index contributed by atoms with van der Waals surface area (Å²) >= 11 is 0. The number of fused-ring (bicyclic) bond motifs is 3. The van der Waals surface area contributed by atoms with E-state index in [0.717, 1.165) is 36.6 Å². The summed E-state index contributed by atoms with van der Waals surface area (Å²) in [5.41, 5.74) is 2.08. The Hall–Kier alpha value is -3.13. The normalized spacial score (nSPS) is 25.1. The van der Waals surface area contributed by atoms with Crippen LogP contribution < -0.4 is 15.0 Å². The van der Waals surface area contributed by atoms with Gasteiger partial charge in [0.15, 0.2) is 11.6 Å². The highest BCUT2D eigenvalue weighted by Crippen LogP contribution is 2.39. The summed E-state index contributed by atoms with van der Waals surface area (Å²) in [5.74, 6) is 1.72. The van der Waals surface area contributed by atoms with Gasteiger partial charge in [-0.3, -0.25) is 0 Å². The van der Waals surface area contributed by atoms with Gasteiger partial charge in [0.2, 0.25) is 0 Å². The minimum Gasteiger partial charge on any atom is -0.507 e. The largest absolute Gasteiger partial charge is 0.507 e. The molecule has 3 aromatic rings. The molecular weight excluding hydrogens is 380 g/mol. The SMILES string of the molecule is Oc1cc(-n2ccnc2)ccc1-c1cc2c(nn1)N(C1CC3CCC(C1)N3)CCO2. The van der Waals surface area contributed by atoms with E-state index in [0.29, 0.717) is 36.0 Å². The molecule has 0 amide bonds. The van der Waals surface area contributed by atoms with Crippen molar-refractivity contribution in [2.24, 2.45) is 0 Å². The van der Waals surface area contributed by atoms with Crippen LogP contribution >= 0.6 is 0 Å². The summed E-state index contributed by atoms with van der Waals surface area (Å²) in [5, 5.41) is 23.3. The fourth-order valence-electron chi connectivity index (χ4n) is 5.11. The minimum absolute atomic E-state index is 0.151. The average Bonchev–Trinajstić information content (AvgIpc) is 3.42. The number of anilines is 1. The molecule has 0 radical (unpaired) electrons. The molecule has 2 bridgehead atoms. The molecule has 0 saturated carbocycles. The van der Waals surface area contributed by atoms with E-state index in [-0.39, 0.29) is 5.75 Å². The second-order valence-electron chi connectivity index (χ2n) is 8.39. The highest BCUT2D eigenvalue weighted by Gasteiger charge is 2.38. The Balaban J connectivity index is 1.30. The van der Waals surface area contributed by atoms with Gasteiger partial charge in [0.1, 0.15) is 18.1 Å². The van der Waals surface area contributed by atoms with Crippen LogP contribution in [0.1, 0.15) is 25.7 Å². The van der Waals surface area contributed by atoms with Gasteiger partial charge in [-0.15, -0.1) is 10.2 Å². The molecule has 2 aromatic heterocycles. The molecular formula is C22H24N6O2. The Labute approximate surface area is 174 Å². The molecule has 6 rings (SSSR count). The van der Waals surface area contributed by atoms with Crippen molar-refractivity contribution in [1.82, 2.24) is 25.1 Å². The van der Waals surface area contributed by atoms with Crippen molar-refractivity contribution < 1.29 is 9.84 Å². The lowest BCUT2D eigenvalue weighted by molar-refractivity contribution is 0.274. The number of rotatable bonds is 3. The number of nitrogens with one attached hydrogen (secondary N) is 1. The van der Waals surface area contributed by atoms with Crippen LogP contribution in [0.4, 0.5) is 5.82 Å². The van der Waals surface area contributed by atoms with Crippen LogP contribution in [0, 0.1) is 0 Å². The molecule has 8 heteroatoms. The van der Waals surface area contributed by atoms with E-state index < -0.39 is 0 Å². The summed E-state index contributed by atoms with van der Waals surface area (Å²) in [7, 11) is 0. The Morgan fingerprint density at radius 3 is 2.73 bits per heavy atom. The zero-order valence-electron chi connectivity index (χ0n) is 16.6. The molecule has 3 aliphatic rings. The predicted molar refractivity (Wildman–Crippen MR) is 112 cm³/mol. The molecule has 154 valence electrons. The summed E-state index contributed by atoms with van der Waals surface area (Å²) in [6.07, 6.45) is 10.1.